The Morgan fingerprint density at radius 2 is 1.54 bits per heavy atom. The van der Waals surface area contributed by atoms with E-state index in [1.54, 1.807) is 43.5 Å². The molecular weight excluding hydrogens is 324 g/mol. The molecule has 0 bridgehead atoms. The second kappa shape index (κ2) is 6.97. The minimum absolute atomic E-state index is 0.0254. The number of carbonyl (C=O) groups is 1. The number of methoxy groups -OCH3 is 2. The summed E-state index contributed by atoms with van der Waals surface area (Å²) in [6, 6.07) is 14.8. The molecule has 0 saturated carbocycles. The van der Waals surface area contributed by atoms with Gasteiger partial charge < -0.3 is 9.47 Å². The van der Waals surface area contributed by atoms with Crippen molar-refractivity contribution in [1.29, 1.82) is 0 Å². The first kappa shape index (κ1) is 16.4. The standard InChI is InChI=1S/C18H18N2O3S/c1-20-18(16(21)12-4-8-14(22-2)9-5-12)24-17(19-20)13-6-10-15(23-3)11-7-13/h4-11,18H,1-3H3. The smallest absolute Gasteiger partial charge is 0.197 e. The number of hydrogen-bond acceptors (Lipinski definition) is 6. The number of nitrogens with zero attached hydrogens (tertiary/aromatic N) is 2. The van der Waals surface area contributed by atoms with E-state index in [9.17, 15) is 4.79 Å². The summed E-state index contributed by atoms with van der Waals surface area (Å²) in [5.74, 6) is 1.55. The van der Waals surface area contributed by atoms with Crippen molar-refractivity contribution in [3.63, 3.8) is 0 Å². The Kier molecular flexibility index (Phi) is 4.76. The Bertz CT molecular complexity index is 757. The molecule has 5 nitrogen and oxygen atoms in total. The molecule has 2 aromatic rings. The number of ketones is 1. The topological polar surface area (TPSA) is 51.1 Å². The Morgan fingerprint density at radius 1 is 1.00 bits per heavy atom. The molecule has 1 aliphatic heterocycles. The van der Waals surface area contributed by atoms with Crippen LogP contribution in [0.3, 0.4) is 0 Å². The van der Waals surface area contributed by atoms with Crippen molar-refractivity contribution in [2.24, 2.45) is 5.10 Å². The number of hydrazone groups is 1. The minimum atomic E-state index is -0.365. The van der Waals surface area contributed by atoms with Crippen LogP contribution in [-0.4, -0.2) is 42.5 Å². The molecule has 0 radical (unpaired) electrons. The quantitative estimate of drug-likeness (QED) is 0.781. The average Bonchev–Trinajstić information content (AvgIpc) is 3.03. The van der Waals surface area contributed by atoms with Gasteiger partial charge in [-0.3, -0.25) is 9.80 Å². The number of Topliss-reactive ketones (excluding diaryl/α,β-unsaturated/α-hetero) is 1. The third kappa shape index (κ3) is 3.23. The van der Waals surface area contributed by atoms with Gasteiger partial charge in [-0.25, -0.2) is 0 Å². The van der Waals surface area contributed by atoms with Crippen LogP contribution in [-0.2, 0) is 0 Å². The Hall–Kier alpha value is -2.47. The molecule has 0 N–H and O–H groups in total. The van der Waals surface area contributed by atoms with Crippen LogP contribution < -0.4 is 9.47 Å². The van der Waals surface area contributed by atoms with Gasteiger partial charge >= 0.3 is 0 Å². The second-order valence-electron chi connectivity index (χ2n) is 5.27. The molecule has 1 atom stereocenters. The van der Waals surface area contributed by atoms with Gasteiger partial charge in [0.15, 0.2) is 11.2 Å². The van der Waals surface area contributed by atoms with Crippen LogP contribution in [0.5, 0.6) is 11.5 Å². The summed E-state index contributed by atoms with van der Waals surface area (Å²) < 4.78 is 10.3. The largest absolute Gasteiger partial charge is 0.497 e. The van der Waals surface area contributed by atoms with Gasteiger partial charge in [0.25, 0.3) is 0 Å². The zero-order valence-corrected chi connectivity index (χ0v) is 14.5. The van der Waals surface area contributed by atoms with E-state index in [1.807, 2.05) is 31.3 Å². The number of carbonyl (C=O) groups excluding carboxylic acids is 1. The third-order valence-corrected chi connectivity index (χ3v) is 5.03. The van der Waals surface area contributed by atoms with Crippen molar-refractivity contribution < 1.29 is 14.3 Å². The van der Waals surface area contributed by atoms with Gasteiger partial charge in [0, 0.05) is 18.2 Å². The van der Waals surface area contributed by atoms with Crippen molar-refractivity contribution in [2.45, 2.75) is 5.37 Å². The summed E-state index contributed by atoms with van der Waals surface area (Å²) in [7, 11) is 5.05. The van der Waals surface area contributed by atoms with E-state index >= 15 is 0 Å². The van der Waals surface area contributed by atoms with Crippen LogP contribution in [0.1, 0.15) is 15.9 Å². The first-order chi connectivity index (χ1) is 11.6. The van der Waals surface area contributed by atoms with Gasteiger partial charge in [0.2, 0.25) is 0 Å². The summed E-state index contributed by atoms with van der Waals surface area (Å²) in [5.41, 5.74) is 1.61. The highest BCUT2D eigenvalue weighted by Gasteiger charge is 2.32. The Balaban J connectivity index is 1.75. The van der Waals surface area contributed by atoms with Gasteiger partial charge in [0.1, 0.15) is 16.5 Å². The lowest BCUT2D eigenvalue weighted by Crippen LogP contribution is -2.28. The van der Waals surface area contributed by atoms with E-state index in [4.69, 9.17) is 9.47 Å². The van der Waals surface area contributed by atoms with Crippen molar-refractivity contribution in [3.05, 3.63) is 59.7 Å². The van der Waals surface area contributed by atoms with Gasteiger partial charge in [-0.15, -0.1) is 0 Å². The molecule has 0 spiro atoms. The summed E-state index contributed by atoms with van der Waals surface area (Å²) in [6.07, 6.45) is 0. The molecular formula is C18H18N2O3S. The maximum atomic E-state index is 12.7. The molecule has 6 heteroatoms. The van der Waals surface area contributed by atoms with Crippen LogP contribution >= 0.6 is 11.8 Å². The van der Waals surface area contributed by atoms with E-state index in [0.717, 1.165) is 22.1 Å². The van der Waals surface area contributed by atoms with E-state index < -0.39 is 0 Å². The monoisotopic (exact) mass is 342 g/mol. The lowest BCUT2D eigenvalue weighted by molar-refractivity contribution is 0.0930. The van der Waals surface area contributed by atoms with Gasteiger partial charge in [-0.2, -0.15) is 5.10 Å². The van der Waals surface area contributed by atoms with Crippen LogP contribution in [0.25, 0.3) is 0 Å². The molecule has 24 heavy (non-hydrogen) atoms. The van der Waals surface area contributed by atoms with Crippen molar-refractivity contribution >= 4 is 22.6 Å². The molecule has 124 valence electrons. The summed E-state index contributed by atoms with van der Waals surface area (Å²) in [5, 5.41) is 6.67. The Labute approximate surface area is 145 Å². The SMILES string of the molecule is COc1ccc(C(=O)C2SC(c3ccc(OC)cc3)=NN2C)cc1. The molecule has 2 aromatic carbocycles. The number of likely N-dealkylation sites (N-methyl/N-ethyl adjacent to an activating group) is 1. The van der Waals surface area contributed by atoms with Crippen LogP contribution in [0.15, 0.2) is 53.6 Å². The first-order valence-electron chi connectivity index (χ1n) is 7.43. The number of hydrogen-bond donors (Lipinski definition) is 0. The lowest BCUT2D eigenvalue weighted by atomic mass is 10.1. The molecule has 0 fully saturated rings. The maximum absolute atomic E-state index is 12.7. The fourth-order valence-corrected chi connectivity index (χ4v) is 3.48. The highest BCUT2D eigenvalue weighted by molar-refractivity contribution is 8.15. The van der Waals surface area contributed by atoms with Gasteiger partial charge in [-0.05, 0) is 48.5 Å². The molecule has 1 heterocycles. The Morgan fingerprint density at radius 3 is 2.08 bits per heavy atom. The van der Waals surface area contributed by atoms with Crippen LogP contribution in [0.2, 0.25) is 0 Å². The van der Waals surface area contributed by atoms with Crippen LogP contribution in [0.4, 0.5) is 0 Å². The van der Waals surface area contributed by atoms with Gasteiger partial charge in [0.05, 0.1) is 14.2 Å². The molecule has 0 aliphatic carbocycles. The maximum Gasteiger partial charge on any atom is 0.197 e. The predicted octanol–water partition coefficient (Wildman–Crippen LogP) is 3.25. The minimum Gasteiger partial charge on any atom is -0.497 e. The summed E-state index contributed by atoms with van der Waals surface area (Å²) in [6.45, 7) is 0. The zero-order valence-electron chi connectivity index (χ0n) is 13.7. The van der Waals surface area contributed by atoms with Gasteiger partial charge in [-0.1, -0.05) is 11.8 Å². The predicted molar refractivity (Wildman–Crippen MR) is 96.0 cm³/mol. The normalized spacial score (nSPS) is 16.7. The molecule has 0 amide bonds. The second-order valence-corrected chi connectivity index (χ2v) is 6.34. The number of ether oxygens (including phenoxy) is 2. The highest BCUT2D eigenvalue weighted by Crippen LogP contribution is 2.31. The number of benzene rings is 2. The molecule has 3 rings (SSSR count). The zero-order chi connectivity index (χ0) is 17.1. The van der Waals surface area contributed by atoms with Crippen molar-refractivity contribution in [3.8, 4) is 11.5 Å². The van der Waals surface area contributed by atoms with Crippen molar-refractivity contribution in [2.75, 3.05) is 21.3 Å². The average molecular weight is 342 g/mol. The summed E-state index contributed by atoms with van der Waals surface area (Å²) >= 11 is 1.45. The summed E-state index contributed by atoms with van der Waals surface area (Å²) in [4.78, 5) is 12.7. The number of rotatable bonds is 5. The van der Waals surface area contributed by atoms with E-state index in [2.05, 4.69) is 5.10 Å². The van der Waals surface area contributed by atoms with Crippen LogP contribution in [0, 0.1) is 0 Å². The number of thioether (sulfide) groups is 1. The fourth-order valence-electron chi connectivity index (χ4n) is 2.38. The molecule has 0 aromatic heterocycles. The highest BCUT2D eigenvalue weighted by atomic mass is 32.2. The first-order valence-corrected chi connectivity index (χ1v) is 8.31. The van der Waals surface area contributed by atoms with E-state index in [1.165, 1.54) is 11.8 Å². The molecule has 1 unspecified atom stereocenters. The van der Waals surface area contributed by atoms with E-state index in [0.29, 0.717) is 5.56 Å². The molecule has 1 aliphatic rings. The van der Waals surface area contributed by atoms with Crippen molar-refractivity contribution in [1.82, 2.24) is 5.01 Å². The fraction of sp³-hybridized carbons (Fsp3) is 0.222. The third-order valence-electron chi connectivity index (χ3n) is 3.75. The lowest BCUT2D eigenvalue weighted by Gasteiger charge is -2.16. The van der Waals surface area contributed by atoms with E-state index in [-0.39, 0.29) is 11.2 Å². The molecule has 0 saturated heterocycles.